The van der Waals surface area contributed by atoms with Crippen LogP contribution in [-0.4, -0.2) is 26.2 Å². The lowest BCUT2D eigenvalue weighted by Crippen LogP contribution is -2.39. The molecular formula is C24H27NO4. The maximum absolute atomic E-state index is 12.9. The molecule has 0 aliphatic rings. The van der Waals surface area contributed by atoms with Gasteiger partial charge in [-0.15, -0.1) is 0 Å². The second-order valence-electron chi connectivity index (χ2n) is 6.83. The third-order valence-corrected chi connectivity index (χ3v) is 4.94. The Hall–Kier alpha value is -3.21. The Morgan fingerprint density at radius 1 is 0.966 bits per heavy atom. The Labute approximate surface area is 171 Å². The maximum atomic E-state index is 12.9. The number of benzene rings is 3. The SMILES string of the molecule is CC[C@@H](Oc1cccc2ccccc12)C(=O)N[C@@H](C)c1cc(OC)ccc1OC. The molecule has 0 bridgehead atoms. The second kappa shape index (κ2) is 9.32. The lowest BCUT2D eigenvalue weighted by atomic mass is 10.1. The molecule has 0 unspecified atom stereocenters. The van der Waals surface area contributed by atoms with Gasteiger partial charge in [-0.25, -0.2) is 0 Å². The third kappa shape index (κ3) is 4.62. The molecule has 0 fully saturated rings. The molecule has 0 aromatic heterocycles. The summed E-state index contributed by atoms with van der Waals surface area (Å²) in [5, 5.41) is 5.11. The number of nitrogens with one attached hydrogen (secondary N) is 1. The zero-order valence-electron chi connectivity index (χ0n) is 17.3. The molecule has 0 saturated carbocycles. The summed E-state index contributed by atoms with van der Waals surface area (Å²) in [7, 11) is 3.22. The molecule has 152 valence electrons. The van der Waals surface area contributed by atoms with Gasteiger partial charge in [0.15, 0.2) is 6.10 Å². The first-order valence-corrected chi connectivity index (χ1v) is 9.74. The van der Waals surface area contributed by atoms with E-state index in [4.69, 9.17) is 14.2 Å². The van der Waals surface area contributed by atoms with E-state index in [0.717, 1.165) is 16.3 Å². The van der Waals surface area contributed by atoms with Crippen LogP contribution in [0.4, 0.5) is 0 Å². The van der Waals surface area contributed by atoms with Crippen LogP contribution in [-0.2, 0) is 4.79 Å². The van der Waals surface area contributed by atoms with Crippen molar-refractivity contribution in [3.63, 3.8) is 0 Å². The lowest BCUT2D eigenvalue weighted by Gasteiger charge is -2.22. The fourth-order valence-electron chi connectivity index (χ4n) is 3.34. The summed E-state index contributed by atoms with van der Waals surface area (Å²) in [5.41, 5.74) is 0.847. The highest BCUT2D eigenvalue weighted by Crippen LogP contribution is 2.30. The highest BCUT2D eigenvalue weighted by Gasteiger charge is 2.23. The summed E-state index contributed by atoms with van der Waals surface area (Å²) in [6.07, 6.45) is -0.0448. The van der Waals surface area contributed by atoms with Gasteiger partial charge in [-0.05, 0) is 43.0 Å². The highest BCUT2D eigenvalue weighted by atomic mass is 16.5. The molecule has 5 nitrogen and oxygen atoms in total. The molecule has 1 amide bonds. The Morgan fingerprint density at radius 2 is 1.72 bits per heavy atom. The summed E-state index contributed by atoms with van der Waals surface area (Å²) in [6.45, 7) is 3.85. The van der Waals surface area contributed by atoms with Crippen LogP contribution in [0.3, 0.4) is 0 Å². The zero-order chi connectivity index (χ0) is 20.8. The van der Waals surface area contributed by atoms with E-state index in [1.165, 1.54) is 0 Å². The van der Waals surface area contributed by atoms with Crippen molar-refractivity contribution in [1.82, 2.24) is 5.32 Å². The topological polar surface area (TPSA) is 56.8 Å². The van der Waals surface area contributed by atoms with Gasteiger partial charge in [0.05, 0.1) is 20.3 Å². The maximum Gasteiger partial charge on any atom is 0.261 e. The first-order valence-electron chi connectivity index (χ1n) is 9.74. The van der Waals surface area contributed by atoms with Gasteiger partial charge < -0.3 is 19.5 Å². The van der Waals surface area contributed by atoms with Gasteiger partial charge in [0.2, 0.25) is 0 Å². The highest BCUT2D eigenvalue weighted by molar-refractivity contribution is 5.89. The average molecular weight is 393 g/mol. The number of fused-ring (bicyclic) bond motifs is 1. The van der Waals surface area contributed by atoms with Crippen LogP contribution in [0.2, 0.25) is 0 Å². The molecule has 0 heterocycles. The van der Waals surface area contributed by atoms with Crippen molar-refractivity contribution in [3.8, 4) is 17.2 Å². The average Bonchev–Trinajstić information content (AvgIpc) is 2.76. The molecule has 3 aromatic carbocycles. The number of hydrogen-bond acceptors (Lipinski definition) is 4. The number of methoxy groups -OCH3 is 2. The minimum atomic E-state index is -0.597. The van der Waals surface area contributed by atoms with Crippen LogP contribution in [0.1, 0.15) is 31.9 Å². The van der Waals surface area contributed by atoms with Crippen molar-refractivity contribution in [2.45, 2.75) is 32.4 Å². The summed E-state index contributed by atoms with van der Waals surface area (Å²) < 4.78 is 16.9. The summed E-state index contributed by atoms with van der Waals surface area (Å²) in [6, 6.07) is 19.1. The zero-order valence-corrected chi connectivity index (χ0v) is 17.3. The second-order valence-corrected chi connectivity index (χ2v) is 6.83. The van der Waals surface area contributed by atoms with Gasteiger partial charge >= 0.3 is 0 Å². The van der Waals surface area contributed by atoms with Crippen LogP contribution >= 0.6 is 0 Å². The van der Waals surface area contributed by atoms with Gasteiger partial charge in [0, 0.05) is 10.9 Å². The quantitative estimate of drug-likeness (QED) is 0.592. The summed E-state index contributed by atoms with van der Waals surface area (Å²) in [5.74, 6) is 1.94. The van der Waals surface area contributed by atoms with Crippen molar-refractivity contribution in [2.75, 3.05) is 14.2 Å². The minimum absolute atomic E-state index is 0.169. The van der Waals surface area contributed by atoms with Crippen molar-refractivity contribution in [2.24, 2.45) is 0 Å². The summed E-state index contributed by atoms with van der Waals surface area (Å²) >= 11 is 0. The number of rotatable bonds is 8. The van der Waals surface area contributed by atoms with Gasteiger partial charge in [-0.2, -0.15) is 0 Å². The van der Waals surface area contributed by atoms with E-state index in [-0.39, 0.29) is 11.9 Å². The molecule has 29 heavy (non-hydrogen) atoms. The Bertz CT molecular complexity index is 980. The van der Waals surface area contributed by atoms with E-state index >= 15 is 0 Å². The number of carbonyl (C=O) groups excluding carboxylic acids is 1. The van der Waals surface area contributed by atoms with Crippen molar-refractivity contribution in [1.29, 1.82) is 0 Å². The molecule has 0 aliphatic carbocycles. The predicted molar refractivity (Wildman–Crippen MR) is 115 cm³/mol. The molecule has 3 rings (SSSR count). The Kier molecular flexibility index (Phi) is 6.60. The number of ether oxygens (including phenoxy) is 3. The van der Waals surface area contributed by atoms with Gasteiger partial charge in [0.25, 0.3) is 5.91 Å². The molecular weight excluding hydrogens is 366 g/mol. The number of hydrogen-bond donors (Lipinski definition) is 1. The molecule has 3 aromatic rings. The smallest absolute Gasteiger partial charge is 0.261 e. The van der Waals surface area contributed by atoms with Crippen molar-refractivity contribution < 1.29 is 19.0 Å². The van der Waals surface area contributed by atoms with Crippen molar-refractivity contribution >= 4 is 16.7 Å². The molecule has 1 N–H and O–H groups in total. The van der Waals surface area contributed by atoms with Crippen molar-refractivity contribution in [3.05, 3.63) is 66.2 Å². The summed E-state index contributed by atoms with van der Waals surface area (Å²) in [4.78, 5) is 12.9. The molecule has 0 spiro atoms. The molecule has 5 heteroatoms. The van der Waals surface area contributed by atoms with E-state index in [1.54, 1.807) is 14.2 Å². The largest absolute Gasteiger partial charge is 0.497 e. The molecule has 0 radical (unpaired) electrons. The van der Waals surface area contributed by atoms with Crippen LogP contribution < -0.4 is 19.5 Å². The minimum Gasteiger partial charge on any atom is -0.497 e. The van der Waals surface area contributed by atoms with E-state index < -0.39 is 6.10 Å². The lowest BCUT2D eigenvalue weighted by molar-refractivity contribution is -0.128. The molecule has 0 saturated heterocycles. The predicted octanol–water partition coefficient (Wildman–Crippen LogP) is 4.89. The van der Waals surface area contributed by atoms with Gasteiger partial charge in [-0.1, -0.05) is 43.3 Å². The Morgan fingerprint density at radius 3 is 2.45 bits per heavy atom. The third-order valence-electron chi connectivity index (χ3n) is 4.94. The molecule has 2 atom stereocenters. The van der Waals surface area contributed by atoms with Crippen LogP contribution in [0.15, 0.2) is 60.7 Å². The fourth-order valence-corrected chi connectivity index (χ4v) is 3.34. The Balaban J connectivity index is 1.78. The van der Waals surface area contributed by atoms with E-state index in [9.17, 15) is 4.79 Å². The van der Waals surface area contributed by atoms with E-state index in [2.05, 4.69) is 5.32 Å². The van der Waals surface area contributed by atoms with Crippen LogP contribution in [0.25, 0.3) is 10.8 Å². The van der Waals surface area contributed by atoms with Gasteiger partial charge in [0.1, 0.15) is 17.2 Å². The normalized spacial score (nSPS) is 12.8. The standard InChI is InChI=1S/C24H27NO4/c1-5-21(29-23-12-8-10-17-9-6-7-11-19(17)23)24(26)25-16(2)20-15-18(27-3)13-14-22(20)28-4/h6-16,21H,5H2,1-4H3,(H,25,26)/t16-,21+/m0/s1. The number of amides is 1. The fraction of sp³-hybridized carbons (Fsp3) is 0.292. The van der Waals surface area contributed by atoms with Crippen LogP contribution in [0, 0.1) is 0 Å². The van der Waals surface area contributed by atoms with Gasteiger partial charge in [-0.3, -0.25) is 4.79 Å². The first kappa shape index (κ1) is 20.5. The first-order chi connectivity index (χ1) is 14.1. The van der Waals surface area contributed by atoms with Crippen LogP contribution in [0.5, 0.6) is 17.2 Å². The number of carbonyl (C=O) groups is 1. The van der Waals surface area contributed by atoms with E-state index in [0.29, 0.717) is 23.7 Å². The molecule has 0 aliphatic heterocycles. The monoisotopic (exact) mass is 393 g/mol. The van der Waals surface area contributed by atoms with E-state index in [1.807, 2.05) is 74.5 Å².